The number of rotatable bonds is 10. The van der Waals surface area contributed by atoms with Gasteiger partial charge in [-0.3, -0.25) is 9.69 Å². The number of anilines is 2. The topological polar surface area (TPSA) is 76.8 Å². The van der Waals surface area contributed by atoms with E-state index in [0.717, 1.165) is 18.8 Å². The minimum atomic E-state index is -0.0274. The van der Waals surface area contributed by atoms with Crippen LogP contribution < -0.4 is 11.1 Å². The number of nitrogens with two attached hydrogens (primary N) is 1. The number of nitrogens with one attached hydrogen (secondary N) is 1. The molecule has 0 aromatic heterocycles. The number of ether oxygens (including phenoxy) is 2. The van der Waals surface area contributed by atoms with E-state index in [-0.39, 0.29) is 5.91 Å². The Kier molecular flexibility index (Phi) is 8.42. The largest absolute Gasteiger partial charge is 0.399 e. The summed E-state index contributed by atoms with van der Waals surface area (Å²) in [6, 6.07) is 7.16. The van der Waals surface area contributed by atoms with Gasteiger partial charge in [0, 0.05) is 51.6 Å². The van der Waals surface area contributed by atoms with Crippen molar-refractivity contribution >= 4 is 17.3 Å². The Hall–Kier alpha value is -1.63. The van der Waals surface area contributed by atoms with Crippen molar-refractivity contribution in [1.29, 1.82) is 0 Å². The minimum absolute atomic E-state index is 0.0274. The van der Waals surface area contributed by atoms with Gasteiger partial charge in [0.1, 0.15) is 0 Å². The fraction of sp³-hybridized carbons (Fsp3) is 0.533. The summed E-state index contributed by atoms with van der Waals surface area (Å²) >= 11 is 0. The Morgan fingerprint density at radius 3 is 2.43 bits per heavy atom. The number of hydrogen-bond donors (Lipinski definition) is 2. The van der Waals surface area contributed by atoms with Crippen LogP contribution in [0.2, 0.25) is 0 Å². The van der Waals surface area contributed by atoms with Crippen molar-refractivity contribution < 1.29 is 14.3 Å². The van der Waals surface area contributed by atoms with Gasteiger partial charge in [0.2, 0.25) is 5.91 Å². The van der Waals surface area contributed by atoms with Gasteiger partial charge in [0.05, 0.1) is 13.2 Å². The summed E-state index contributed by atoms with van der Waals surface area (Å²) in [5.74, 6) is -0.0274. The molecule has 1 aromatic carbocycles. The minimum Gasteiger partial charge on any atom is -0.399 e. The number of nitrogens with zero attached hydrogens (tertiary/aromatic N) is 1. The van der Waals surface area contributed by atoms with E-state index in [4.69, 9.17) is 15.2 Å². The molecule has 0 spiro atoms. The Balaban J connectivity index is 2.37. The summed E-state index contributed by atoms with van der Waals surface area (Å²) in [4.78, 5) is 14.1. The Labute approximate surface area is 126 Å². The predicted molar refractivity (Wildman–Crippen MR) is 84.3 cm³/mol. The van der Waals surface area contributed by atoms with Gasteiger partial charge in [-0.25, -0.2) is 0 Å². The zero-order valence-electron chi connectivity index (χ0n) is 12.8. The van der Waals surface area contributed by atoms with E-state index in [0.29, 0.717) is 31.9 Å². The molecular weight excluding hydrogens is 270 g/mol. The molecule has 118 valence electrons. The second kappa shape index (κ2) is 10.1. The first-order valence-corrected chi connectivity index (χ1v) is 7.01. The molecule has 0 aliphatic rings. The summed E-state index contributed by atoms with van der Waals surface area (Å²) in [6.45, 7) is 3.51. The summed E-state index contributed by atoms with van der Waals surface area (Å²) in [5.41, 5.74) is 7.04. The van der Waals surface area contributed by atoms with Crippen LogP contribution in [0.5, 0.6) is 0 Å². The van der Waals surface area contributed by atoms with Crippen LogP contribution in [0.15, 0.2) is 24.3 Å². The second-order valence-electron chi connectivity index (χ2n) is 4.75. The lowest BCUT2D eigenvalue weighted by Gasteiger charge is -2.21. The van der Waals surface area contributed by atoms with Gasteiger partial charge in [-0.15, -0.1) is 0 Å². The van der Waals surface area contributed by atoms with E-state index >= 15 is 0 Å². The van der Waals surface area contributed by atoms with Crippen molar-refractivity contribution in [3.05, 3.63) is 24.3 Å². The summed E-state index contributed by atoms with van der Waals surface area (Å²) < 4.78 is 10.1. The molecule has 6 heteroatoms. The van der Waals surface area contributed by atoms with E-state index in [1.807, 2.05) is 12.1 Å². The van der Waals surface area contributed by atoms with Crippen molar-refractivity contribution in [2.45, 2.75) is 6.42 Å². The highest BCUT2D eigenvalue weighted by Gasteiger charge is 2.08. The quantitative estimate of drug-likeness (QED) is 0.634. The maximum Gasteiger partial charge on any atom is 0.225 e. The first-order chi connectivity index (χ1) is 10.2. The van der Waals surface area contributed by atoms with Gasteiger partial charge in [-0.1, -0.05) is 6.07 Å². The number of carbonyl (C=O) groups excluding carboxylic acids is 1. The van der Waals surface area contributed by atoms with Crippen LogP contribution in [0.3, 0.4) is 0 Å². The van der Waals surface area contributed by atoms with Crippen LogP contribution in [-0.4, -0.2) is 57.9 Å². The van der Waals surface area contributed by atoms with E-state index in [2.05, 4.69) is 10.2 Å². The van der Waals surface area contributed by atoms with E-state index in [1.54, 1.807) is 26.4 Å². The predicted octanol–water partition coefficient (Wildman–Crippen LogP) is 1.19. The lowest BCUT2D eigenvalue weighted by Crippen LogP contribution is -2.33. The number of hydrogen-bond acceptors (Lipinski definition) is 5. The fourth-order valence-electron chi connectivity index (χ4n) is 1.88. The van der Waals surface area contributed by atoms with Gasteiger partial charge in [0.25, 0.3) is 0 Å². The standard InChI is InChI=1S/C15H25N3O3/c1-20-10-8-18(9-11-21-2)7-6-15(19)17-14-5-3-4-13(16)12-14/h3-5,12H,6-11,16H2,1-2H3,(H,17,19). The number of methoxy groups -OCH3 is 2. The van der Waals surface area contributed by atoms with Gasteiger partial charge in [-0.2, -0.15) is 0 Å². The summed E-state index contributed by atoms with van der Waals surface area (Å²) in [6.07, 6.45) is 0.419. The fourth-order valence-corrected chi connectivity index (χ4v) is 1.88. The molecule has 0 atom stereocenters. The van der Waals surface area contributed by atoms with Crippen LogP contribution in [-0.2, 0) is 14.3 Å². The van der Waals surface area contributed by atoms with Crippen molar-refractivity contribution in [3.63, 3.8) is 0 Å². The van der Waals surface area contributed by atoms with Crippen molar-refractivity contribution in [1.82, 2.24) is 4.90 Å². The molecular formula is C15H25N3O3. The molecule has 1 rings (SSSR count). The Morgan fingerprint density at radius 1 is 1.19 bits per heavy atom. The lowest BCUT2D eigenvalue weighted by atomic mass is 10.2. The highest BCUT2D eigenvalue weighted by molar-refractivity contribution is 5.91. The SMILES string of the molecule is COCCN(CCOC)CCC(=O)Nc1cccc(N)c1. The van der Waals surface area contributed by atoms with Gasteiger partial charge in [0.15, 0.2) is 0 Å². The van der Waals surface area contributed by atoms with Crippen LogP contribution in [0, 0.1) is 0 Å². The average Bonchev–Trinajstić information content (AvgIpc) is 2.46. The third kappa shape index (κ3) is 7.65. The maximum absolute atomic E-state index is 11.9. The van der Waals surface area contributed by atoms with Crippen LogP contribution in [0.4, 0.5) is 11.4 Å². The van der Waals surface area contributed by atoms with E-state index in [9.17, 15) is 4.79 Å². The van der Waals surface area contributed by atoms with Gasteiger partial charge >= 0.3 is 0 Å². The molecule has 6 nitrogen and oxygen atoms in total. The van der Waals surface area contributed by atoms with Crippen LogP contribution in [0.1, 0.15) is 6.42 Å². The smallest absolute Gasteiger partial charge is 0.225 e. The molecule has 0 fully saturated rings. The monoisotopic (exact) mass is 295 g/mol. The van der Waals surface area contributed by atoms with Crippen LogP contribution in [0.25, 0.3) is 0 Å². The van der Waals surface area contributed by atoms with Crippen molar-refractivity contribution in [3.8, 4) is 0 Å². The molecule has 0 aliphatic heterocycles. The van der Waals surface area contributed by atoms with Gasteiger partial charge in [-0.05, 0) is 18.2 Å². The average molecular weight is 295 g/mol. The zero-order chi connectivity index (χ0) is 15.5. The number of benzene rings is 1. The first-order valence-electron chi connectivity index (χ1n) is 7.01. The second-order valence-corrected chi connectivity index (χ2v) is 4.75. The van der Waals surface area contributed by atoms with Crippen molar-refractivity contribution in [2.24, 2.45) is 0 Å². The maximum atomic E-state index is 11.9. The molecule has 0 heterocycles. The normalized spacial score (nSPS) is 10.8. The molecule has 1 amide bonds. The van der Waals surface area contributed by atoms with E-state index < -0.39 is 0 Å². The summed E-state index contributed by atoms with van der Waals surface area (Å²) in [7, 11) is 3.34. The molecule has 3 N–H and O–H groups in total. The number of carbonyl (C=O) groups is 1. The molecule has 0 unspecified atom stereocenters. The molecule has 1 aromatic rings. The molecule has 0 bridgehead atoms. The Morgan fingerprint density at radius 2 is 1.86 bits per heavy atom. The summed E-state index contributed by atoms with van der Waals surface area (Å²) in [5, 5.41) is 2.84. The molecule has 0 saturated carbocycles. The zero-order valence-corrected chi connectivity index (χ0v) is 12.8. The third-order valence-corrected chi connectivity index (χ3v) is 3.05. The van der Waals surface area contributed by atoms with E-state index in [1.165, 1.54) is 0 Å². The highest BCUT2D eigenvalue weighted by Crippen LogP contribution is 2.11. The highest BCUT2D eigenvalue weighted by atomic mass is 16.5. The van der Waals surface area contributed by atoms with Gasteiger partial charge < -0.3 is 20.5 Å². The molecule has 0 saturated heterocycles. The lowest BCUT2D eigenvalue weighted by molar-refractivity contribution is -0.116. The molecule has 0 aliphatic carbocycles. The number of nitrogen functional groups attached to an aromatic ring is 1. The Bertz CT molecular complexity index is 418. The first kappa shape index (κ1) is 17.4. The number of amides is 1. The van der Waals surface area contributed by atoms with Crippen molar-refractivity contribution in [2.75, 3.05) is 58.1 Å². The molecule has 0 radical (unpaired) electrons. The molecule has 21 heavy (non-hydrogen) atoms. The van der Waals surface area contributed by atoms with Crippen LogP contribution >= 0.6 is 0 Å². The third-order valence-electron chi connectivity index (χ3n) is 3.05.